The Kier molecular flexibility index (Phi) is 4.27. The molecule has 5 heteroatoms. The number of allylic oxidation sites excluding steroid dienone is 3. The number of methoxy groups -OCH3 is 1. The number of aromatic amines is 1. The summed E-state index contributed by atoms with van der Waals surface area (Å²) in [5.41, 5.74) is 4.57. The normalized spacial score (nSPS) is 22.4. The fourth-order valence-corrected chi connectivity index (χ4v) is 3.90. The lowest BCUT2D eigenvalue weighted by Crippen LogP contribution is -2.40. The molecule has 2 aliphatic rings. The van der Waals surface area contributed by atoms with E-state index in [2.05, 4.69) is 24.1 Å². The van der Waals surface area contributed by atoms with Crippen molar-refractivity contribution in [2.75, 3.05) is 7.11 Å². The molecule has 1 aliphatic carbocycles. The van der Waals surface area contributed by atoms with Gasteiger partial charge in [0.2, 0.25) is 0 Å². The Hall–Kier alpha value is -2.43. The number of esters is 1. The molecule has 1 aromatic heterocycles. The number of carbonyl (C=O) groups is 2. The summed E-state index contributed by atoms with van der Waals surface area (Å²) in [5.74, 6) is -0.742. The predicted octanol–water partition coefficient (Wildman–Crippen LogP) is 2.59. The van der Waals surface area contributed by atoms with Crippen LogP contribution in [0.4, 0.5) is 0 Å². The van der Waals surface area contributed by atoms with Gasteiger partial charge in [-0.05, 0) is 24.8 Å². The Labute approximate surface area is 148 Å². The molecule has 132 valence electrons. The highest BCUT2D eigenvalue weighted by molar-refractivity contribution is 6.03. The molecule has 25 heavy (non-hydrogen) atoms. The summed E-state index contributed by atoms with van der Waals surface area (Å²) in [6, 6.07) is 5.82. The minimum Gasteiger partial charge on any atom is -0.466 e. The van der Waals surface area contributed by atoms with Gasteiger partial charge in [0.15, 0.2) is 17.2 Å². The lowest BCUT2D eigenvalue weighted by molar-refractivity contribution is -0.400. The maximum absolute atomic E-state index is 13.0. The first-order chi connectivity index (χ1) is 11.7. The maximum Gasteiger partial charge on any atom is 0.336 e. The summed E-state index contributed by atoms with van der Waals surface area (Å²) in [6.45, 7) is 8.02. The molecule has 0 saturated carbocycles. The van der Waals surface area contributed by atoms with Crippen LogP contribution in [0.5, 0.6) is 0 Å². The average molecular weight is 341 g/mol. The number of carbonyl (C=O) groups excluding carboxylic acids is 2. The fraction of sp³-hybridized carbons (Fsp3) is 0.450. The monoisotopic (exact) mass is 341 g/mol. The van der Waals surface area contributed by atoms with Crippen LogP contribution in [0.2, 0.25) is 0 Å². The number of ether oxygens (including phenoxy) is 1. The van der Waals surface area contributed by atoms with Gasteiger partial charge in [0.25, 0.3) is 0 Å². The van der Waals surface area contributed by atoms with Crippen molar-refractivity contribution in [2.24, 2.45) is 5.41 Å². The number of dihydropyridines is 1. The van der Waals surface area contributed by atoms with Gasteiger partial charge in [-0.2, -0.15) is 0 Å². The van der Waals surface area contributed by atoms with Gasteiger partial charge in [-0.3, -0.25) is 4.79 Å². The van der Waals surface area contributed by atoms with Gasteiger partial charge in [0, 0.05) is 42.4 Å². The molecule has 2 heterocycles. The molecule has 0 amide bonds. The molecule has 2 N–H and O–H groups in total. The number of Topliss-reactive ketones (excluding diaryl/α,β-unsaturated/α-hetero) is 1. The summed E-state index contributed by atoms with van der Waals surface area (Å²) >= 11 is 0. The van der Waals surface area contributed by atoms with Gasteiger partial charge >= 0.3 is 5.97 Å². The van der Waals surface area contributed by atoms with Crippen molar-refractivity contribution < 1.29 is 19.3 Å². The molecule has 0 saturated heterocycles. The standard InChI is InChI=1S/C20H24N2O3/c1-11-7-6-8-13(21-11)18-16(19(24)25-5)12(2)22-14-9-20(3,4)10-15(23)17(14)18/h6-8,18,22H,9-10H2,1-5H3/p+1. The predicted molar refractivity (Wildman–Crippen MR) is 93.4 cm³/mol. The van der Waals surface area contributed by atoms with Gasteiger partial charge in [-0.25, -0.2) is 9.78 Å². The number of hydrogen-bond donors (Lipinski definition) is 1. The Morgan fingerprint density at radius 3 is 2.64 bits per heavy atom. The largest absolute Gasteiger partial charge is 0.466 e. The molecule has 0 bridgehead atoms. The summed E-state index contributed by atoms with van der Waals surface area (Å²) in [6.07, 6.45) is 1.26. The molecule has 5 nitrogen and oxygen atoms in total. The first-order valence-electron chi connectivity index (χ1n) is 8.54. The highest BCUT2D eigenvalue weighted by Crippen LogP contribution is 2.45. The number of H-pyrrole nitrogens is 1. The zero-order chi connectivity index (χ0) is 18.4. The molecule has 0 radical (unpaired) electrons. The third-order valence-corrected chi connectivity index (χ3v) is 4.92. The number of nitrogens with one attached hydrogen (secondary N) is 2. The lowest BCUT2D eigenvalue weighted by Gasteiger charge is -2.38. The van der Waals surface area contributed by atoms with E-state index < -0.39 is 11.9 Å². The molecule has 0 fully saturated rings. The third-order valence-electron chi connectivity index (χ3n) is 4.92. The third kappa shape index (κ3) is 3.11. The van der Waals surface area contributed by atoms with E-state index in [1.165, 1.54) is 7.11 Å². The van der Waals surface area contributed by atoms with Crippen molar-refractivity contribution in [3.8, 4) is 0 Å². The quantitative estimate of drug-likeness (QED) is 0.840. The second-order valence-corrected chi connectivity index (χ2v) is 7.71. The molecule has 3 rings (SSSR count). The maximum atomic E-state index is 13.0. The van der Waals surface area contributed by atoms with Crippen LogP contribution in [0.3, 0.4) is 0 Å². The van der Waals surface area contributed by atoms with E-state index in [0.29, 0.717) is 17.6 Å². The Morgan fingerprint density at radius 1 is 1.28 bits per heavy atom. The molecule has 1 atom stereocenters. The van der Waals surface area contributed by atoms with Crippen molar-refractivity contribution in [1.29, 1.82) is 0 Å². The van der Waals surface area contributed by atoms with Crippen molar-refractivity contribution in [1.82, 2.24) is 5.32 Å². The van der Waals surface area contributed by atoms with E-state index in [-0.39, 0.29) is 11.2 Å². The highest BCUT2D eigenvalue weighted by atomic mass is 16.5. The van der Waals surface area contributed by atoms with E-state index in [1.54, 1.807) is 0 Å². The molecule has 1 unspecified atom stereocenters. The number of ketones is 1. The number of hydrogen-bond acceptors (Lipinski definition) is 4. The first-order valence-corrected chi connectivity index (χ1v) is 8.54. The van der Waals surface area contributed by atoms with Crippen LogP contribution >= 0.6 is 0 Å². The minimum absolute atomic E-state index is 0.0903. The SMILES string of the molecule is COC(=O)C1=C(C)NC2=C(C(=O)CC(C)(C)C2)C1c1cccc(C)[nH+]1. The van der Waals surface area contributed by atoms with Crippen molar-refractivity contribution in [3.63, 3.8) is 0 Å². The van der Waals surface area contributed by atoms with Crippen LogP contribution in [0, 0.1) is 12.3 Å². The Morgan fingerprint density at radius 2 is 2.00 bits per heavy atom. The Balaban J connectivity index is 2.21. The molecule has 0 spiro atoms. The molecular weight excluding hydrogens is 316 g/mol. The van der Waals surface area contributed by atoms with Crippen molar-refractivity contribution in [3.05, 3.63) is 52.1 Å². The second kappa shape index (κ2) is 6.14. The highest BCUT2D eigenvalue weighted by Gasteiger charge is 2.45. The van der Waals surface area contributed by atoms with Gasteiger partial charge in [-0.1, -0.05) is 13.8 Å². The smallest absolute Gasteiger partial charge is 0.336 e. The number of rotatable bonds is 2. The van der Waals surface area contributed by atoms with Gasteiger partial charge < -0.3 is 10.1 Å². The average Bonchev–Trinajstić information content (AvgIpc) is 2.51. The number of aryl methyl sites for hydroxylation is 1. The summed E-state index contributed by atoms with van der Waals surface area (Å²) in [4.78, 5) is 28.8. The van der Waals surface area contributed by atoms with Gasteiger partial charge in [0.05, 0.1) is 12.7 Å². The van der Waals surface area contributed by atoms with Crippen LogP contribution in [-0.4, -0.2) is 18.9 Å². The van der Waals surface area contributed by atoms with Crippen molar-refractivity contribution in [2.45, 2.75) is 46.5 Å². The van der Waals surface area contributed by atoms with Gasteiger partial charge in [0.1, 0.15) is 5.92 Å². The summed E-state index contributed by atoms with van der Waals surface area (Å²) < 4.78 is 5.01. The fourth-order valence-electron chi connectivity index (χ4n) is 3.90. The van der Waals surface area contributed by atoms with E-state index in [0.717, 1.165) is 29.2 Å². The molecule has 0 aromatic carbocycles. The van der Waals surface area contributed by atoms with Crippen molar-refractivity contribution >= 4 is 11.8 Å². The second-order valence-electron chi connectivity index (χ2n) is 7.71. The summed E-state index contributed by atoms with van der Waals surface area (Å²) in [7, 11) is 1.37. The van der Waals surface area contributed by atoms with Crippen LogP contribution in [0.25, 0.3) is 0 Å². The zero-order valence-electron chi connectivity index (χ0n) is 15.4. The first kappa shape index (κ1) is 17.4. The van der Waals surface area contributed by atoms with Crippen LogP contribution in [0.1, 0.15) is 50.9 Å². The zero-order valence-corrected chi connectivity index (χ0v) is 15.4. The van der Waals surface area contributed by atoms with Crippen LogP contribution in [-0.2, 0) is 14.3 Å². The van der Waals surface area contributed by atoms with Gasteiger partial charge in [-0.15, -0.1) is 0 Å². The topological polar surface area (TPSA) is 69.5 Å². The Bertz CT molecular complexity index is 818. The summed E-state index contributed by atoms with van der Waals surface area (Å²) in [5, 5.41) is 3.31. The number of aromatic nitrogens is 1. The van der Waals surface area contributed by atoms with E-state index >= 15 is 0 Å². The van der Waals surface area contributed by atoms with Crippen LogP contribution < -0.4 is 10.3 Å². The molecule has 1 aromatic rings. The minimum atomic E-state index is -0.424. The van der Waals surface area contributed by atoms with E-state index in [4.69, 9.17) is 4.74 Å². The molecular formula is C20H25N2O3+. The van der Waals surface area contributed by atoms with E-state index in [9.17, 15) is 9.59 Å². The van der Waals surface area contributed by atoms with E-state index in [1.807, 2.05) is 32.0 Å². The van der Waals surface area contributed by atoms with Crippen LogP contribution in [0.15, 0.2) is 40.7 Å². The molecule has 1 aliphatic heterocycles. The lowest BCUT2D eigenvalue weighted by atomic mass is 9.69. The number of pyridine rings is 1.